The zero-order valence-corrected chi connectivity index (χ0v) is 21.0. The summed E-state index contributed by atoms with van der Waals surface area (Å²) in [6, 6.07) is 12.6. The number of piperidine rings is 1. The van der Waals surface area contributed by atoms with E-state index < -0.39 is 17.6 Å². The van der Waals surface area contributed by atoms with Crippen molar-refractivity contribution >= 4 is 5.91 Å². The number of nitrogens with zero attached hydrogens (tertiary/aromatic N) is 3. The van der Waals surface area contributed by atoms with Gasteiger partial charge in [-0.2, -0.15) is 13.2 Å². The third kappa shape index (κ3) is 6.65. The number of carbonyl (C=O) groups excluding carboxylic acids is 1. The number of aromatic nitrogens is 2. The van der Waals surface area contributed by atoms with E-state index in [1.807, 2.05) is 12.1 Å². The van der Waals surface area contributed by atoms with Crippen LogP contribution in [0, 0.1) is 0 Å². The number of alkyl halides is 3. The number of halogens is 3. The molecule has 0 spiro atoms. The van der Waals surface area contributed by atoms with Crippen molar-refractivity contribution in [2.75, 3.05) is 27.2 Å². The number of carbonyl (C=O) groups is 1. The van der Waals surface area contributed by atoms with Crippen LogP contribution in [0.2, 0.25) is 0 Å². The van der Waals surface area contributed by atoms with E-state index in [4.69, 9.17) is 10.5 Å². The molecule has 2 aromatic carbocycles. The number of aryl methyl sites for hydroxylation is 2. The number of ether oxygens (including phenoxy) is 1. The summed E-state index contributed by atoms with van der Waals surface area (Å²) >= 11 is 0. The Morgan fingerprint density at radius 1 is 1.14 bits per heavy atom. The van der Waals surface area contributed by atoms with E-state index >= 15 is 0 Å². The molecule has 0 radical (unpaired) electrons. The Balaban J connectivity index is 1.56. The number of nitrogens with two attached hydrogens (primary N) is 1. The molecule has 1 amide bonds. The highest BCUT2D eigenvalue weighted by Gasteiger charge is 2.35. The lowest BCUT2D eigenvalue weighted by molar-refractivity contribution is -0.138. The topological polar surface area (TPSA) is 81.3 Å². The van der Waals surface area contributed by atoms with Gasteiger partial charge in [0.2, 0.25) is 5.91 Å². The number of hydrogen-bond donors (Lipinski definition) is 1. The van der Waals surface area contributed by atoms with E-state index in [0.29, 0.717) is 28.6 Å². The Morgan fingerprint density at radius 3 is 2.57 bits per heavy atom. The average Bonchev–Trinajstić information content (AvgIpc) is 2.88. The van der Waals surface area contributed by atoms with E-state index in [0.717, 1.165) is 37.7 Å². The molecule has 196 valence electrons. The van der Waals surface area contributed by atoms with Gasteiger partial charge >= 0.3 is 6.18 Å². The molecule has 1 saturated heterocycles. The summed E-state index contributed by atoms with van der Waals surface area (Å²) in [5, 5.41) is 0. The summed E-state index contributed by atoms with van der Waals surface area (Å²) in [6.07, 6.45) is -1.00. The largest absolute Gasteiger partial charge is 0.496 e. The van der Waals surface area contributed by atoms with Gasteiger partial charge in [0.1, 0.15) is 11.6 Å². The van der Waals surface area contributed by atoms with E-state index in [2.05, 4.69) is 28.0 Å². The average molecular weight is 513 g/mol. The smallest absolute Gasteiger partial charge is 0.419 e. The minimum Gasteiger partial charge on any atom is -0.496 e. The van der Waals surface area contributed by atoms with Crippen molar-refractivity contribution in [3.63, 3.8) is 0 Å². The maximum absolute atomic E-state index is 13.7. The first-order valence-electron chi connectivity index (χ1n) is 12.3. The molecule has 1 aromatic heterocycles. The molecule has 0 unspecified atom stereocenters. The van der Waals surface area contributed by atoms with Gasteiger partial charge in [0, 0.05) is 23.7 Å². The van der Waals surface area contributed by atoms with Crippen LogP contribution in [0.15, 0.2) is 48.7 Å². The second kappa shape index (κ2) is 11.3. The van der Waals surface area contributed by atoms with Gasteiger partial charge in [0.05, 0.1) is 18.4 Å². The normalized spacial score (nSPS) is 15.1. The minimum atomic E-state index is -4.57. The van der Waals surface area contributed by atoms with Gasteiger partial charge in [-0.3, -0.25) is 4.79 Å². The molecule has 3 aromatic rings. The van der Waals surface area contributed by atoms with Crippen LogP contribution in [-0.4, -0.2) is 48.0 Å². The number of methoxy groups -OCH3 is 1. The first-order chi connectivity index (χ1) is 17.6. The second-order valence-corrected chi connectivity index (χ2v) is 9.53. The molecule has 0 aliphatic carbocycles. The highest BCUT2D eigenvalue weighted by Crippen LogP contribution is 2.34. The van der Waals surface area contributed by atoms with Gasteiger partial charge in [-0.1, -0.05) is 24.3 Å². The van der Waals surface area contributed by atoms with Crippen molar-refractivity contribution in [3.8, 4) is 5.75 Å². The van der Waals surface area contributed by atoms with Crippen LogP contribution in [0.25, 0.3) is 0 Å². The molecular formula is C28H31F3N4O2. The van der Waals surface area contributed by atoms with Crippen molar-refractivity contribution in [1.29, 1.82) is 0 Å². The van der Waals surface area contributed by atoms with Crippen LogP contribution in [0.5, 0.6) is 5.75 Å². The van der Waals surface area contributed by atoms with Crippen molar-refractivity contribution in [3.05, 3.63) is 88.0 Å². The first kappa shape index (κ1) is 26.6. The molecule has 2 heterocycles. The Labute approximate surface area is 214 Å². The fourth-order valence-electron chi connectivity index (χ4n) is 4.79. The maximum atomic E-state index is 13.7. The van der Waals surface area contributed by atoms with Crippen LogP contribution < -0.4 is 10.5 Å². The molecule has 1 aliphatic heterocycles. The number of primary amides is 1. The molecule has 2 N–H and O–H groups in total. The molecule has 9 heteroatoms. The molecule has 0 saturated carbocycles. The molecular weight excluding hydrogens is 481 g/mol. The van der Waals surface area contributed by atoms with Crippen molar-refractivity contribution in [2.45, 2.75) is 44.2 Å². The third-order valence-corrected chi connectivity index (χ3v) is 6.93. The molecule has 4 rings (SSSR count). The summed E-state index contributed by atoms with van der Waals surface area (Å²) in [7, 11) is 3.72. The monoisotopic (exact) mass is 512 g/mol. The standard InChI is InChI=1S/C28H31F3N4O2/c1-35-12-10-19(11-13-35)20-7-8-21(25(15-20)37-2)16-26-33-17-23(28(29,30)31)24(34-26)9-6-18-4-3-5-22(14-18)27(32)36/h3-5,7-8,14-15,17,19H,6,9-13,16H2,1-2H3,(H2,32,36). The highest BCUT2D eigenvalue weighted by atomic mass is 19.4. The number of rotatable bonds is 8. The molecule has 37 heavy (non-hydrogen) atoms. The zero-order valence-electron chi connectivity index (χ0n) is 21.0. The van der Waals surface area contributed by atoms with E-state index in [-0.39, 0.29) is 25.0 Å². The number of benzene rings is 2. The van der Waals surface area contributed by atoms with Crippen molar-refractivity contribution < 1.29 is 22.7 Å². The lowest BCUT2D eigenvalue weighted by Crippen LogP contribution is -2.29. The van der Waals surface area contributed by atoms with Gasteiger partial charge < -0.3 is 15.4 Å². The first-order valence-corrected chi connectivity index (χ1v) is 12.3. The highest BCUT2D eigenvalue weighted by molar-refractivity contribution is 5.92. The predicted molar refractivity (Wildman–Crippen MR) is 135 cm³/mol. The molecule has 0 bridgehead atoms. The van der Waals surface area contributed by atoms with Gasteiger partial charge in [-0.25, -0.2) is 9.97 Å². The van der Waals surface area contributed by atoms with Crippen LogP contribution in [-0.2, 0) is 25.4 Å². The third-order valence-electron chi connectivity index (χ3n) is 6.93. The Bertz CT molecular complexity index is 1250. The lowest BCUT2D eigenvalue weighted by atomic mass is 9.88. The quantitative estimate of drug-likeness (QED) is 0.470. The summed E-state index contributed by atoms with van der Waals surface area (Å²) in [4.78, 5) is 22.1. The number of amides is 1. The van der Waals surface area contributed by atoms with E-state index in [1.54, 1.807) is 31.4 Å². The summed E-state index contributed by atoms with van der Waals surface area (Å²) in [5.41, 5.74) is 7.43. The molecule has 0 atom stereocenters. The summed E-state index contributed by atoms with van der Waals surface area (Å²) in [6.45, 7) is 2.09. The predicted octanol–water partition coefficient (Wildman–Crippen LogP) is 4.79. The Hall–Kier alpha value is -3.46. The van der Waals surface area contributed by atoms with Crippen molar-refractivity contribution in [2.24, 2.45) is 5.73 Å². The second-order valence-electron chi connectivity index (χ2n) is 9.53. The summed E-state index contributed by atoms with van der Waals surface area (Å²) in [5.74, 6) is 0.850. The van der Waals surface area contributed by atoms with Crippen LogP contribution in [0.1, 0.15) is 62.9 Å². The molecule has 1 aliphatic rings. The van der Waals surface area contributed by atoms with Gasteiger partial charge in [0.15, 0.2) is 0 Å². The molecule has 1 fully saturated rings. The number of likely N-dealkylation sites (tertiary alicyclic amines) is 1. The summed E-state index contributed by atoms with van der Waals surface area (Å²) < 4.78 is 46.7. The van der Waals surface area contributed by atoms with E-state index in [1.165, 1.54) is 5.56 Å². The van der Waals surface area contributed by atoms with Crippen LogP contribution in [0.3, 0.4) is 0 Å². The van der Waals surface area contributed by atoms with Gasteiger partial charge in [0.25, 0.3) is 0 Å². The maximum Gasteiger partial charge on any atom is 0.419 e. The van der Waals surface area contributed by atoms with Gasteiger partial charge in [-0.15, -0.1) is 0 Å². The van der Waals surface area contributed by atoms with Crippen LogP contribution >= 0.6 is 0 Å². The van der Waals surface area contributed by atoms with E-state index in [9.17, 15) is 18.0 Å². The van der Waals surface area contributed by atoms with Crippen molar-refractivity contribution in [1.82, 2.24) is 14.9 Å². The minimum absolute atomic E-state index is 0.0405. The number of hydrogen-bond acceptors (Lipinski definition) is 5. The SMILES string of the molecule is COc1cc(C2CCN(C)CC2)ccc1Cc1ncc(C(F)(F)F)c(CCc2cccc(C(N)=O)c2)n1. The zero-order chi connectivity index (χ0) is 26.6. The lowest BCUT2D eigenvalue weighted by Gasteiger charge is -2.29. The van der Waals surface area contributed by atoms with Gasteiger partial charge in [-0.05, 0) is 81.1 Å². The Kier molecular flexibility index (Phi) is 8.12. The molecule has 6 nitrogen and oxygen atoms in total. The Morgan fingerprint density at radius 2 is 1.89 bits per heavy atom. The fourth-order valence-corrected chi connectivity index (χ4v) is 4.79. The van der Waals surface area contributed by atoms with Crippen LogP contribution in [0.4, 0.5) is 13.2 Å². The fraction of sp³-hybridized carbons (Fsp3) is 0.393.